The van der Waals surface area contributed by atoms with Gasteiger partial charge in [0.05, 0.1) is 12.3 Å². The van der Waals surface area contributed by atoms with Crippen LogP contribution in [0.1, 0.15) is 12.8 Å². The maximum Gasteiger partial charge on any atom is 0.316 e. The fourth-order valence-corrected chi connectivity index (χ4v) is 1.23. The number of hydrogen-bond acceptors (Lipinski definition) is 3. The molecule has 0 heterocycles. The molecule has 0 bridgehead atoms. The number of amides is 2. The van der Waals surface area contributed by atoms with Crippen molar-refractivity contribution in [2.75, 3.05) is 11.9 Å². The molecule has 0 aliphatic heterocycles. The zero-order chi connectivity index (χ0) is 12.7. The summed E-state index contributed by atoms with van der Waals surface area (Å²) in [5, 5.41) is 10.9. The van der Waals surface area contributed by atoms with Crippen LogP contribution in [0.15, 0.2) is 24.3 Å². The number of aliphatic carboxylic acids is 1. The Kier molecular flexibility index (Phi) is 4.80. The van der Waals surface area contributed by atoms with Crippen LogP contribution in [0.4, 0.5) is 10.5 Å². The minimum atomic E-state index is -0.864. The molecule has 17 heavy (non-hydrogen) atoms. The van der Waals surface area contributed by atoms with E-state index in [0.29, 0.717) is 17.9 Å². The topological polar surface area (TPSA) is 102 Å². The normalized spacial score (nSPS) is 9.65. The van der Waals surface area contributed by atoms with E-state index in [-0.39, 0.29) is 13.0 Å². The lowest BCUT2D eigenvalue weighted by Gasteiger charge is -2.10. The number of nitrogens with two attached hydrogens (primary N) is 1. The van der Waals surface area contributed by atoms with Crippen LogP contribution >= 0.6 is 0 Å². The highest BCUT2D eigenvalue weighted by atomic mass is 16.5. The molecule has 1 rings (SSSR count). The van der Waals surface area contributed by atoms with Crippen LogP contribution in [0, 0.1) is 0 Å². The van der Waals surface area contributed by atoms with Gasteiger partial charge in [-0.1, -0.05) is 12.1 Å². The minimum absolute atomic E-state index is 0.0470. The number of carbonyl (C=O) groups is 2. The highest BCUT2D eigenvalue weighted by Crippen LogP contribution is 2.23. The number of hydrogen-bond donors (Lipinski definition) is 3. The van der Waals surface area contributed by atoms with Gasteiger partial charge in [0.15, 0.2) is 0 Å². The summed E-state index contributed by atoms with van der Waals surface area (Å²) in [6, 6.07) is 6.13. The average Bonchev–Trinajstić information content (AvgIpc) is 2.25. The number of anilines is 1. The number of benzene rings is 1. The lowest BCUT2D eigenvalue weighted by Crippen LogP contribution is -2.19. The van der Waals surface area contributed by atoms with Gasteiger partial charge in [-0.25, -0.2) is 4.79 Å². The molecule has 0 saturated heterocycles. The van der Waals surface area contributed by atoms with Gasteiger partial charge in [0.2, 0.25) is 0 Å². The summed E-state index contributed by atoms with van der Waals surface area (Å²) < 4.78 is 5.35. The number of ether oxygens (including phenoxy) is 1. The fourth-order valence-electron chi connectivity index (χ4n) is 1.23. The number of urea groups is 1. The van der Waals surface area contributed by atoms with Crippen molar-refractivity contribution in [2.45, 2.75) is 12.8 Å². The summed E-state index contributed by atoms with van der Waals surface area (Å²) in [6.45, 7) is 0.268. The van der Waals surface area contributed by atoms with E-state index in [1.165, 1.54) is 0 Å². The van der Waals surface area contributed by atoms with Gasteiger partial charge in [-0.15, -0.1) is 0 Å². The Morgan fingerprint density at radius 2 is 2.06 bits per heavy atom. The summed E-state index contributed by atoms with van der Waals surface area (Å²) >= 11 is 0. The molecule has 92 valence electrons. The smallest absolute Gasteiger partial charge is 0.316 e. The highest BCUT2D eigenvalue weighted by Gasteiger charge is 2.04. The van der Waals surface area contributed by atoms with Crippen molar-refractivity contribution in [1.29, 1.82) is 0 Å². The van der Waals surface area contributed by atoms with Crippen molar-refractivity contribution in [2.24, 2.45) is 5.73 Å². The molecule has 1 aromatic rings. The fraction of sp³-hybridized carbons (Fsp3) is 0.273. The third-order valence-corrected chi connectivity index (χ3v) is 1.94. The summed E-state index contributed by atoms with van der Waals surface area (Å²) in [4.78, 5) is 21.0. The first-order valence-corrected chi connectivity index (χ1v) is 5.09. The maximum absolute atomic E-state index is 10.7. The zero-order valence-corrected chi connectivity index (χ0v) is 9.18. The molecule has 0 unspecified atom stereocenters. The Morgan fingerprint density at radius 1 is 1.35 bits per heavy atom. The molecule has 0 radical (unpaired) electrons. The number of nitrogens with one attached hydrogen (secondary N) is 1. The van der Waals surface area contributed by atoms with Gasteiger partial charge in [-0.05, 0) is 18.6 Å². The van der Waals surface area contributed by atoms with Gasteiger partial charge in [-0.3, -0.25) is 4.79 Å². The molecule has 0 aromatic heterocycles. The van der Waals surface area contributed by atoms with Gasteiger partial charge >= 0.3 is 12.0 Å². The Bertz CT molecular complexity index is 406. The van der Waals surface area contributed by atoms with E-state index in [4.69, 9.17) is 15.6 Å². The van der Waals surface area contributed by atoms with E-state index in [0.717, 1.165) is 0 Å². The molecule has 0 fully saturated rings. The molecule has 1 aromatic carbocycles. The van der Waals surface area contributed by atoms with Crippen molar-refractivity contribution < 1.29 is 19.4 Å². The van der Waals surface area contributed by atoms with Crippen LogP contribution in [0.25, 0.3) is 0 Å². The van der Waals surface area contributed by atoms with E-state index in [1.54, 1.807) is 24.3 Å². The average molecular weight is 238 g/mol. The molecule has 6 nitrogen and oxygen atoms in total. The summed E-state index contributed by atoms with van der Waals surface area (Å²) in [7, 11) is 0. The number of rotatable bonds is 6. The van der Waals surface area contributed by atoms with E-state index in [9.17, 15) is 9.59 Å². The van der Waals surface area contributed by atoms with Crippen LogP contribution < -0.4 is 15.8 Å². The monoisotopic (exact) mass is 238 g/mol. The van der Waals surface area contributed by atoms with Crippen molar-refractivity contribution >= 4 is 17.7 Å². The predicted molar refractivity (Wildman–Crippen MR) is 62.0 cm³/mol. The van der Waals surface area contributed by atoms with Crippen molar-refractivity contribution in [3.63, 3.8) is 0 Å². The van der Waals surface area contributed by atoms with E-state index >= 15 is 0 Å². The van der Waals surface area contributed by atoms with E-state index in [1.807, 2.05) is 0 Å². The van der Waals surface area contributed by atoms with Crippen LogP contribution in [-0.2, 0) is 4.79 Å². The number of carboxylic acid groups (broad SMARTS) is 1. The molecule has 4 N–H and O–H groups in total. The third-order valence-electron chi connectivity index (χ3n) is 1.94. The van der Waals surface area contributed by atoms with Gasteiger partial charge in [0.25, 0.3) is 0 Å². The minimum Gasteiger partial charge on any atom is -0.491 e. The maximum atomic E-state index is 10.7. The number of para-hydroxylation sites is 2. The van der Waals surface area contributed by atoms with Crippen molar-refractivity contribution in [3.8, 4) is 5.75 Å². The SMILES string of the molecule is NC(=O)Nc1ccccc1OCCCC(=O)O. The first-order chi connectivity index (χ1) is 8.09. The molecule has 0 spiro atoms. The predicted octanol–water partition coefficient (Wildman–Crippen LogP) is 1.42. The van der Waals surface area contributed by atoms with E-state index in [2.05, 4.69) is 5.32 Å². The first-order valence-electron chi connectivity index (χ1n) is 5.09. The van der Waals surface area contributed by atoms with Gasteiger partial charge < -0.3 is 20.9 Å². The summed E-state index contributed by atoms with van der Waals surface area (Å²) in [5.74, 6) is -0.395. The lowest BCUT2D eigenvalue weighted by atomic mass is 10.3. The Morgan fingerprint density at radius 3 is 2.71 bits per heavy atom. The van der Waals surface area contributed by atoms with Gasteiger partial charge in [0, 0.05) is 6.42 Å². The zero-order valence-electron chi connectivity index (χ0n) is 9.18. The van der Waals surface area contributed by atoms with Crippen LogP contribution in [0.2, 0.25) is 0 Å². The highest BCUT2D eigenvalue weighted by molar-refractivity contribution is 5.89. The largest absolute Gasteiger partial charge is 0.491 e. The Balaban J connectivity index is 2.51. The summed E-state index contributed by atoms with van der Waals surface area (Å²) in [6.07, 6.45) is 0.450. The lowest BCUT2D eigenvalue weighted by molar-refractivity contribution is -0.137. The van der Waals surface area contributed by atoms with Gasteiger partial charge in [-0.2, -0.15) is 0 Å². The van der Waals surface area contributed by atoms with Crippen LogP contribution in [-0.4, -0.2) is 23.7 Å². The van der Waals surface area contributed by atoms with Gasteiger partial charge in [0.1, 0.15) is 5.75 Å². The quantitative estimate of drug-likeness (QED) is 0.652. The Labute approximate surface area is 98.4 Å². The number of carboxylic acids is 1. The van der Waals surface area contributed by atoms with Crippen LogP contribution in [0.5, 0.6) is 5.75 Å². The summed E-state index contributed by atoms with van der Waals surface area (Å²) in [5.41, 5.74) is 5.47. The Hall–Kier alpha value is -2.24. The molecule has 0 aliphatic rings. The molecular weight excluding hydrogens is 224 g/mol. The first kappa shape index (κ1) is 12.8. The van der Waals surface area contributed by atoms with Crippen LogP contribution in [0.3, 0.4) is 0 Å². The van der Waals surface area contributed by atoms with Crippen molar-refractivity contribution in [1.82, 2.24) is 0 Å². The van der Waals surface area contributed by atoms with E-state index < -0.39 is 12.0 Å². The molecule has 6 heteroatoms. The standard InChI is InChI=1S/C11H14N2O4/c12-11(16)13-8-4-1-2-5-9(8)17-7-3-6-10(14)15/h1-2,4-5H,3,6-7H2,(H,14,15)(H3,12,13,16). The molecule has 0 aliphatic carbocycles. The second-order valence-electron chi connectivity index (χ2n) is 3.33. The van der Waals surface area contributed by atoms with Crippen molar-refractivity contribution in [3.05, 3.63) is 24.3 Å². The third kappa shape index (κ3) is 4.87. The second kappa shape index (κ2) is 6.37. The number of carbonyl (C=O) groups excluding carboxylic acids is 1. The number of primary amides is 1. The molecule has 0 atom stereocenters. The second-order valence-corrected chi connectivity index (χ2v) is 3.33. The molecule has 2 amide bonds. The molecule has 0 saturated carbocycles. The molecular formula is C11H14N2O4.